The Kier molecular flexibility index (Phi) is 7.01. The molecule has 0 spiro atoms. The summed E-state index contributed by atoms with van der Waals surface area (Å²) in [7, 11) is 2.41. The number of carbonyl (C=O) groups is 2. The molecule has 6 nitrogen and oxygen atoms in total. The predicted molar refractivity (Wildman–Crippen MR) is 60.4 cm³/mol. The van der Waals surface area contributed by atoms with E-state index in [4.69, 9.17) is 21.7 Å². The highest BCUT2D eigenvalue weighted by atomic mass is 33.1. The SMILES string of the molecule is N/C=C(/CSSC[C@@H](N)C(=O)O)C(=O)O. The fourth-order valence-corrected chi connectivity index (χ4v) is 2.65. The summed E-state index contributed by atoms with van der Waals surface area (Å²) in [4.78, 5) is 20.8. The normalized spacial score (nSPS) is 13.5. The lowest BCUT2D eigenvalue weighted by molar-refractivity contribution is -0.138. The summed E-state index contributed by atoms with van der Waals surface area (Å²) in [5, 5.41) is 17.0. The Labute approximate surface area is 94.5 Å². The van der Waals surface area contributed by atoms with E-state index in [1.807, 2.05) is 0 Å². The van der Waals surface area contributed by atoms with Gasteiger partial charge in [-0.3, -0.25) is 4.79 Å². The van der Waals surface area contributed by atoms with Gasteiger partial charge in [-0.2, -0.15) is 0 Å². The van der Waals surface area contributed by atoms with Gasteiger partial charge in [0.1, 0.15) is 6.04 Å². The molecule has 0 aliphatic heterocycles. The van der Waals surface area contributed by atoms with Crippen molar-refractivity contribution in [1.29, 1.82) is 0 Å². The molecule has 6 N–H and O–H groups in total. The summed E-state index contributed by atoms with van der Waals surface area (Å²) < 4.78 is 0. The Bertz CT molecular complexity index is 270. The first-order valence-electron chi connectivity index (χ1n) is 3.86. The zero-order chi connectivity index (χ0) is 11.8. The number of hydrogen-bond acceptors (Lipinski definition) is 6. The van der Waals surface area contributed by atoms with Crippen molar-refractivity contribution in [1.82, 2.24) is 0 Å². The van der Waals surface area contributed by atoms with Gasteiger partial charge in [-0.15, -0.1) is 0 Å². The molecule has 0 unspecified atom stereocenters. The second-order valence-electron chi connectivity index (χ2n) is 2.49. The zero-order valence-electron chi connectivity index (χ0n) is 7.75. The van der Waals surface area contributed by atoms with E-state index >= 15 is 0 Å². The van der Waals surface area contributed by atoms with Crippen molar-refractivity contribution >= 4 is 33.5 Å². The van der Waals surface area contributed by atoms with E-state index in [1.165, 1.54) is 21.6 Å². The summed E-state index contributed by atoms with van der Waals surface area (Å²) >= 11 is 0. The van der Waals surface area contributed by atoms with E-state index in [2.05, 4.69) is 0 Å². The first kappa shape index (κ1) is 14.1. The Balaban J connectivity index is 3.71. The van der Waals surface area contributed by atoms with Crippen LogP contribution < -0.4 is 11.5 Å². The fraction of sp³-hybridized carbons (Fsp3) is 0.429. The second kappa shape index (κ2) is 7.43. The number of nitrogens with two attached hydrogens (primary N) is 2. The molecule has 15 heavy (non-hydrogen) atoms. The molecule has 0 bridgehead atoms. The number of rotatable bonds is 7. The van der Waals surface area contributed by atoms with Crippen LogP contribution in [0.2, 0.25) is 0 Å². The lowest BCUT2D eigenvalue weighted by atomic mass is 10.3. The average Bonchev–Trinajstić information content (AvgIpc) is 2.16. The summed E-state index contributed by atoms with van der Waals surface area (Å²) in [5.74, 6) is -1.72. The second-order valence-corrected chi connectivity index (χ2v) is 5.00. The molecule has 8 heteroatoms. The highest BCUT2D eigenvalue weighted by Crippen LogP contribution is 2.23. The summed E-state index contributed by atoms with van der Waals surface area (Å²) in [6, 6.07) is -0.933. The molecule has 1 atom stereocenters. The summed E-state index contributed by atoms with van der Waals surface area (Å²) in [6.45, 7) is 0. The molecule has 0 aromatic carbocycles. The fourth-order valence-electron chi connectivity index (χ4n) is 0.479. The third kappa shape index (κ3) is 6.26. The van der Waals surface area contributed by atoms with Crippen LogP contribution in [0.15, 0.2) is 11.8 Å². The van der Waals surface area contributed by atoms with Gasteiger partial charge in [-0.05, 0) is 0 Å². The van der Waals surface area contributed by atoms with E-state index in [0.29, 0.717) is 0 Å². The maximum absolute atomic E-state index is 10.5. The Morgan fingerprint density at radius 3 is 2.33 bits per heavy atom. The number of aliphatic carboxylic acids is 2. The molecular formula is C7H12N2O4S2. The highest BCUT2D eigenvalue weighted by molar-refractivity contribution is 8.76. The molecule has 0 saturated heterocycles. The first-order chi connectivity index (χ1) is 6.99. The molecule has 86 valence electrons. The molecular weight excluding hydrogens is 240 g/mol. The third-order valence-electron chi connectivity index (χ3n) is 1.34. The maximum atomic E-state index is 10.5. The number of carboxylic acids is 2. The van der Waals surface area contributed by atoms with E-state index in [9.17, 15) is 9.59 Å². The standard InChI is InChI=1S/C7H12N2O4S2/c8-1-4(6(10)11)2-14-15-3-5(9)7(12)13/h1,5H,2-3,8-9H2,(H,10,11)(H,12,13)/b4-1-/t5-/m1/s1. The van der Waals surface area contributed by atoms with Crippen LogP contribution in [0.25, 0.3) is 0 Å². The third-order valence-corrected chi connectivity index (χ3v) is 3.69. The van der Waals surface area contributed by atoms with Crippen molar-refractivity contribution in [3.63, 3.8) is 0 Å². The minimum absolute atomic E-state index is 0.0800. The van der Waals surface area contributed by atoms with Crippen LogP contribution in [0.1, 0.15) is 0 Å². The van der Waals surface area contributed by atoms with Crippen molar-refractivity contribution in [3.05, 3.63) is 11.8 Å². The predicted octanol–water partition coefficient (Wildman–Crippen LogP) is -0.293. The smallest absolute Gasteiger partial charge is 0.333 e. The topological polar surface area (TPSA) is 127 Å². The van der Waals surface area contributed by atoms with Gasteiger partial charge in [0, 0.05) is 17.7 Å². The number of hydrogen-bond donors (Lipinski definition) is 4. The van der Waals surface area contributed by atoms with E-state index in [0.717, 1.165) is 6.20 Å². The van der Waals surface area contributed by atoms with E-state index < -0.39 is 18.0 Å². The van der Waals surface area contributed by atoms with Crippen LogP contribution in [0.3, 0.4) is 0 Å². The van der Waals surface area contributed by atoms with E-state index in [1.54, 1.807) is 0 Å². The molecule has 0 aromatic heterocycles. The Morgan fingerprint density at radius 2 is 1.93 bits per heavy atom. The monoisotopic (exact) mass is 252 g/mol. The van der Waals surface area contributed by atoms with Gasteiger partial charge >= 0.3 is 11.9 Å². The minimum Gasteiger partial charge on any atom is -0.480 e. The van der Waals surface area contributed by atoms with Gasteiger partial charge in [0.2, 0.25) is 0 Å². The van der Waals surface area contributed by atoms with Gasteiger partial charge in [0.25, 0.3) is 0 Å². The van der Waals surface area contributed by atoms with Crippen molar-refractivity contribution in [2.75, 3.05) is 11.5 Å². The highest BCUT2D eigenvalue weighted by Gasteiger charge is 2.12. The average molecular weight is 252 g/mol. The van der Waals surface area contributed by atoms with Crippen LogP contribution >= 0.6 is 21.6 Å². The molecule has 0 saturated carbocycles. The summed E-state index contributed by atoms with van der Waals surface area (Å²) in [6.07, 6.45) is 1.02. The molecule has 0 heterocycles. The van der Waals surface area contributed by atoms with Crippen LogP contribution in [0, 0.1) is 0 Å². The lowest BCUT2D eigenvalue weighted by Gasteiger charge is -2.05. The number of carboxylic acid groups (broad SMARTS) is 2. The quantitative estimate of drug-likeness (QED) is 0.276. The van der Waals surface area contributed by atoms with Gasteiger partial charge in [-0.1, -0.05) is 21.6 Å². The van der Waals surface area contributed by atoms with Gasteiger partial charge in [0.15, 0.2) is 0 Å². The van der Waals surface area contributed by atoms with Gasteiger partial charge < -0.3 is 21.7 Å². The first-order valence-corrected chi connectivity index (χ1v) is 6.34. The van der Waals surface area contributed by atoms with Gasteiger partial charge in [-0.25, -0.2) is 4.79 Å². The van der Waals surface area contributed by atoms with Crippen molar-refractivity contribution in [3.8, 4) is 0 Å². The van der Waals surface area contributed by atoms with Crippen LogP contribution in [0.5, 0.6) is 0 Å². The molecule has 0 aliphatic rings. The largest absolute Gasteiger partial charge is 0.480 e. The zero-order valence-corrected chi connectivity index (χ0v) is 9.38. The van der Waals surface area contributed by atoms with Crippen LogP contribution in [-0.4, -0.2) is 39.7 Å². The van der Waals surface area contributed by atoms with E-state index in [-0.39, 0.29) is 17.1 Å². The van der Waals surface area contributed by atoms with Gasteiger partial charge in [0.05, 0.1) is 5.57 Å². The Hall–Kier alpha value is -0.860. The van der Waals surface area contributed by atoms with Crippen LogP contribution in [0.4, 0.5) is 0 Å². The summed E-state index contributed by atoms with van der Waals surface area (Å²) in [5.41, 5.74) is 10.4. The molecule has 0 fully saturated rings. The molecule has 0 amide bonds. The molecule has 0 radical (unpaired) electrons. The van der Waals surface area contributed by atoms with Crippen LogP contribution in [-0.2, 0) is 9.59 Å². The van der Waals surface area contributed by atoms with Crippen molar-refractivity contribution in [2.45, 2.75) is 6.04 Å². The Morgan fingerprint density at radius 1 is 1.33 bits per heavy atom. The van der Waals surface area contributed by atoms with Crippen molar-refractivity contribution < 1.29 is 19.8 Å². The molecule has 0 aromatic rings. The molecule has 0 aliphatic carbocycles. The lowest BCUT2D eigenvalue weighted by Crippen LogP contribution is -2.32. The minimum atomic E-state index is -1.08. The van der Waals surface area contributed by atoms with Crippen molar-refractivity contribution in [2.24, 2.45) is 11.5 Å². The molecule has 0 rings (SSSR count). The maximum Gasteiger partial charge on any atom is 0.333 e.